The summed E-state index contributed by atoms with van der Waals surface area (Å²) in [4.78, 5) is 35.2. The van der Waals surface area contributed by atoms with Gasteiger partial charge in [-0.1, -0.05) is 6.08 Å². The van der Waals surface area contributed by atoms with Crippen LogP contribution in [-0.2, 0) is 4.79 Å². The number of carbonyl (C=O) groups excluding carboxylic acids is 2. The average Bonchev–Trinajstić information content (AvgIpc) is 2.82. The molecule has 2 aromatic heterocycles. The Balaban J connectivity index is 2.52. The van der Waals surface area contributed by atoms with E-state index in [1.807, 2.05) is 6.92 Å². The highest BCUT2D eigenvalue weighted by molar-refractivity contribution is 6.16. The number of carbonyl (C=O) groups is 2. The summed E-state index contributed by atoms with van der Waals surface area (Å²) in [6.45, 7) is 5.01. The van der Waals surface area contributed by atoms with Crippen LogP contribution in [0.25, 0.3) is 21.8 Å². The molecule has 1 aromatic carbocycles. The molecule has 0 aliphatic carbocycles. The fourth-order valence-corrected chi connectivity index (χ4v) is 2.72. The van der Waals surface area contributed by atoms with E-state index in [2.05, 4.69) is 15.0 Å². The number of amides is 1. The maximum Gasteiger partial charge on any atom is 0.243 e. The Kier molecular flexibility index (Phi) is 3.44. The summed E-state index contributed by atoms with van der Waals surface area (Å²) >= 11 is 0. The van der Waals surface area contributed by atoms with E-state index in [1.165, 1.54) is 13.0 Å². The molecule has 23 heavy (non-hydrogen) atoms. The first-order valence-electron chi connectivity index (χ1n) is 7.20. The van der Waals surface area contributed by atoms with Gasteiger partial charge in [-0.3, -0.25) is 14.6 Å². The normalized spacial score (nSPS) is 12.7. The van der Waals surface area contributed by atoms with E-state index < -0.39 is 0 Å². The number of nitrogen functional groups attached to an aromatic ring is 1. The number of H-pyrrole nitrogens is 1. The number of allylic oxidation sites excluding steroid dienone is 2. The molecular weight excluding hydrogens is 292 g/mol. The number of nitrogens with zero attached hydrogens (tertiary/aromatic N) is 2. The second-order valence-electron chi connectivity index (χ2n) is 5.37. The summed E-state index contributed by atoms with van der Waals surface area (Å²) in [5.74, 6) is -0.493. The van der Waals surface area contributed by atoms with Gasteiger partial charge in [0, 0.05) is 23.4 Å². The van der Waals surface area contributed by atoms with E-state index in [1.54, 1.807) is 25.1 Å². The Hall–Kier alpha value is -3.02. The monoisotopic (exact) mass is 308 g/mol. The van der Waals surface area contributed by atoms with Crippen LogP contribution in [0.3, 0.4) is 0 Å². The number of aryl methyl sites for hydroxylation is 1. The van der Waals surface area contributed by atoms with E-state index in [9.17, 15) is 9.59 Å². The van der Waals surface area contributed by atoms with E-state index >= 15 is 0 Å². The Morgan fingerprint density at radius 2 is 2.09 bits per heavy atom. The third-order valence-corrected chi connectivity index (χ3v) is 3.66. The number of anilines is 1. The molecule has 6 nitrogen and oxygen atoms in total. The van der Waals surface area contributed by atoms with Crippen LogP contribution >= 0.6 is 0 Å². The topological polar surface area (TPSA) is 101 Å². The minimum Gasteiger partial charge on any atom is -0.397 e. The van der Waals surface area contributed by atoms with Crippen LogP contribution in [-0.4, -0.2) is 21.7 Å². The Morgan fingerprint density at radius 1 is 1.35 bits per heavy atom. The number of rotatable bonds is 2. The number of hydrogen-bond donors (Lipinski definition) is 2. The molecule has 3 rings (SSSR count). The van der Waals surface area contributed by atoms with Gasteiger partial charge in [0.1, 0.15) is 0 Å². The number of nitrogens with one attached hydrogen (secondary N) is 1. The number of benzene rings is 1. The average molecular weight is 308 g/mol. The summed E-state index contributed by atoms with van der Waals surface area (Å²) in [7, 11) is 0. The fourth-order valence-electron chi connectivity index (χ4n) is 2.72. The van der Waals surface area contributed by atoms with Gasteiger partial charge < -0.3 is 10.7 Å². The molecule has 2 heterocycles. The smallest absolute Gasteiger partial charge is 0.243 e. The first-order chi connectivity index (χ1) is 10.9. The van der Waals surface area contributed by atoms with Gasteiger partial charge in [-0.15, -0.1) is 0 Å². The van der Waals surface area contributed by atoms with Crippen molar-refractivity contribution < 1.29 is 9.59 Å². The fraction of sp³-hybridized carbons (Fsp3) is 0.176. The Bertz CT molecular complexity index is 1040. The third-order valence-electron chi connectivity index (χ3n) is 3.66. The lowest BCUT2D eigenvalue weighted by Crippen LogP contribution is -2.11. The second kappa shape index (κ2) is 5.31. The molecule has 0 radical (unpaired) electrons. The van der Waals surface area contributed by atoms with Crippen LogP contribution in [0.2, 0.25) is 0 Å². The summed E-state index contributed by atoms with van der Waals surface area (Å²) in [6, 6.07) is 3.36. The van der Waals surface area contributed by atoms with Crippen molar-refractivity contribution in [3.63, 3.8) is 0 Å². The van der Waals surface area contributed by atoms with Crippen LogP contribution in [0.1, 0.15) is 30.0 Å². The van der Waals surface area contributed by atoms with Crippen LogP contribution in [0.4, 0.5) is 5.69 Å². The lowest BCUT2D eigenvalue weighted by Gasteiger charge is -2.05. The van der Waals surface area contributed by atoms with Crippen molar-refractivity contribution in [1.82, 2.24) is 9.97 Å². The first kappa shape index (κ1) is 14.9. The number of aromatic nitrogens is 2. The molecule has 3 N–H and O–H groups in total. The molecule has 0 atom stereocenters. The zero-order valence-electron chi connectivity index (χ0n) is 13.1. The first-order valence-corrected chi connectivity index (χ1v) is 7.20. The van der Waals surface area contributed by atoms with Crippen molar-refractivity contribution in [3.05, 3.63) is 41.0 Å². The standard InChI is InChI=1S/C17H16N4O2/c1-4-5-14(23)12-6-10-8(2)19-16-11(18)7-13(20-9(3)22)17(21-12)15(10)16/h4-7,21H,18H2,1-3H3/b5-4+,20-13?. The van der Waals surface area contributed by atoms with Crippen molar-refractivity contribution >= 4 is 39.2 Å². The largest absolute Gasteiger partial charge is 0.397 e. The van der Waals surface area contributed by atoms with Gasteiger partial charge in [0.15, 0.2) is 0 Å². The molecule has 1 amide bonds. The van der Waals surface area contributed by atoms with Crippen LogP contribution in [0.15, 0.2) is 29.3 Å². The molecular formula is C17H16N4O2. The molecule has 0 unspecified atom stereocenters. The van der Waals surface area contributed by atoms with E-state index in [0.717, 1.165) is 16.5 Å². The number of nitrogens with two attached hydrogens (primary N) is 1. The highest BCUT2D eigenvalue weighted by atomic mass is 16.1. The van der Waals surface area contributed by atoms with Gasteiger partial charge in [0.05, 0.1) is 27.8 Å². The molecule has 0 bridgehead atoms. The number of ketones is 1. The van der Waals surface area contributed by atoms with E-state index in [4.69, 9.17) is 5.73 Å². The molecule has 0 fully saturated rings. The van der Waals surface area contributed by atoms with Crippen LogP contribution in [0, 0.1) is 6.92 Å². The number of aromatic amines is 1. The predicted molar refractivity (Wildman–Crippen MR) is 89.3 cm³/mol. The highest BCUT2D eigenvalue weighted by Crippen LogP contribution is 2.30. The van der Waals surface area contributed by atoms with E-state index in [0.29, 0.717) is 27.8 Å². The SMILES string of the molecule is C/C=C/C(=O)c1cc2c(C)nc3c(N)cc(=NC(C)=O)c([nH]1)c23. The summed E-state index contributed by atoms with van der Waals surface area (Å²) in [5, 5.41) is 2.03. The van der Waals surface area contributed by atoms with Gasteiger partial charge in [0.25, 0.3) is 0 Å². The highest BCUT2D eigenvalue weighted by Gasteiger charge is 2.16. The quantitative estimate of drug-likeness (QED) is 0.430. The minimum absolute atomic E-state index is 0.155. The van der Waals surface area contributed by atoms with Crippen molar-refractivity contribution in [2.24, 2.45) is 4.99 Å². The van der Waals surface area contributed by atoms with Crippen molar-refractivity contribution in [2.45, 2.75) is 20.8 Å². The van der Waals surface area contributed by atoms with Crippen molar-refractivity contribution in [3.8, 4) is 0 Å². The van der Waals surface area contributed by atoms with Gasteiger partial charge in [-0.05, 0) is 32.1 Å². The second-order valence-corrected chi connectivity index (χ2v) is 5.37. The van der Waals surface area contributed by atoms with E-state index in [-0.39, 0.29) is 11.7 Å². The van der Waals surface area contributed by atoms with Crippen LogP contribution < -0.4 is 11.1 Å². The molecule has 0 aliphatic rings. The van der Waals surface area contributed by atoms with Gasteiger partial charge >= 0.3 is 0 Å². The van der Waals surface area contributed by atoms with Gasteiger partial charge in [-0.25, -0.2) is 4.99 Å². The summed E-state index contributed by atoms with van der Waals surface area (Å²) < 4.78 is 0. The lowest BCUT2D eigenvalue weighted by atomic mass is 10.1. The Morgan fingerprint density at radius 3 is 2.74 bits per heavy atom. The molecule has 116 valence electrons. The van der Waals surface area contributed by atoms with Gasteiger partial charge in [-0.2, -0.15) is 0 Å². The maximum atomic E-state index is 12.2. The minimum atomic E-state index is -0.338. The molecule has 0 spiro atoms. The third kappa shape index (κ3) is 2.38. The molecule has 0 aliphatic heterocycles. The molecule has 0 saturated carbocycles. The van der Waals surface area contributed by atoms with Crippen LogP contribution in [0.5, 0.6) is 0 Å². The number of pyridine rings is 1. The van der Waals surface area contributed by atoms with Crippen molar-refractivity contribution in [1.29, 1.82) is 0 Å². The zero-order valence-corrected chi connectivity index (χ0v) is 13.1. The van der Waals surface area contributed by atoms with Crippen molar-refractivity contribution in [2.75, 3.05) is 5.73 Å². The summed E-state index contributed by atoms with van der Waals surface area (Å²) in [5.41, 5.74) is 8.93. The molecule has 3 aromatic rings. The predicted octanol–water partition coefficient (Wildman–Crippen LogP) is 2.25. The molecule has 0 saturated heterocycles. The zero-order chi connectivity index (χ0) is 16.7. The summed E-state index contributed by atoms with van der Waals surface area (Å²) in [6.07, 6.45) is 3.15. The van der Waals surface area contributed by atoms with Gasteiger partial charge in [0.2, 0.25) is 11.7 Å². The number of hydrogen-bond acceptors (Lipinski definition) is 4. The molecule has 6 heteroatoms. The Labute approximate surface area is 132 Å². The lowest BCUT2D eigenvalue weighted by molar-refractivity contribution is -0.116. The maximum absolute atomic E-state index is 12.2.